The fraction of sp³-hybridized carbons (Fsp3) is 0.588. The molecule has 4 nitrogen and oxygen atoms in total. The summed E-state index contributed by atoms with van der Waals surface area (Å²) in [6.45, 7) is 4.49. The summed E-state index contributed by atoms with van der Waals surface area (Å²) in [6.07, 6.45) is -3.23. The van der Waals surface area contributed by atoms with Gasteiger partial charge in [0.25, 0.3) is 0 Å². The standard InChI is InChI=1S/C17H26F3N3O/c1-13(2)8-9-22-16(21-3)23-10-14-4-6-15(7-5-14)11-24-12-17(18,19)20/h4-7,13H,8-12H2,1-3H3,(H2,21,22,23). The van der Waals surface area contributed by atoms with E-state index in [-0.39, 0.29) is 6.61 Å². The van der Waals surface area contributed by atoms with Crippen LogP contribution in [0.4, 0.5) is 13.2 Å². The Morgan fingerprint density at radius 2 is 1.75 bits per heavy atom. The fourth-order valence-corrected chi connectivity index (χ4v) is 1.92. The zero-order valence-corrected chi connectivity index (χ0v) is 14.4. The average molecular weight is 345 g/mol. The van der Waals surface area contributed by atoms with Crippen molar-refractivity contribution in [3.63, 3.8) is 0 Å². The molecule has 0 fully saturated rings. The van der Waals surface area contributed by atoms with Crippen LogP contribution in [0.5, 0.6) is 0 Å². The number of hydrogen-bond donors (Lipinski definition) is 2. The van der Waals surface area contributed by atoms with E-state index in [0.717, 1.165) is 24.5 Å². The van der Waals surface area contributed by atoms with Gasteiger partial charge in [-0.25, -0.2) is 0 Å². The van der Waals surface area contributed by atoms with Crippen molar-refractivity contribution in [3.05, 3.63) is 35.4 Å². The second-order valence-corrected chi connectivity index (χ2v) is 5.96. The minimum atomic E-state index is -4.29. The van der Waals surface area contributed by atoms with E-state index in [1.807, 2.05) is 12.1 Å². The zero-order chi connectivity index (χ0) is 18.0. The zero-order valence-electron chi connectivity index (χ0n) is 14.4. The largest absolute Gasteiger partial charge is 0.411 e. The lowest BCUT2D eigenvalue weighted by molar-refractivity contribution is -0.176. The van der Waals surface area contributed by atoms with Gasteiger partial charge < -0.3 is 15.4 Å². The Morgan fingerprint density at radius 3 is 2.29 bits per heavy atom. The topological polar surface area (TPSA) is 45.7 Å². The molecule has 0 aliphatic heterocycles. The molecular formula is C17H26F3N3O. The molecule has 24 heavy (non-hydrogen) atoms. The smallest absolute Gasteiger partial charge is 0.367 e. The fourth-order valence-electron chi connectivity index (χ4n) is 1.92. The Balaban J connectivity index is 2.35. The van der Waals surface area contributed by atoms with Crippen molar-refractivity contribution in [2.75, 3.05) is 20.2 Å². The Kier molecular flexibility index (Phi) is 8.60. The third kappa shape index (κ3) is 9.39. The molecule has 1 aromatic carbocycles. The van der Waals surface area contributed by atoms with Crippen LogP contribution in [0.15, 0.2) is 29.3 Å². The van der Waals surface area contributed by atoms with Crippen molar-refractivity contribution >= 4 is 5.96 Å². The van der Waals surface area contributed by atoms with Gasteiger partial charge in [0.2, 0.25) is 0 Å². The Bertz CT molecular complexity index is 499. The van der Waals surface area contributed by atoms with Crippen LogP contribution < -0.4 is 10.6 Å². The molecule has 0 aromatic heterocycles. The molecule has 0 aliphatic carbocycles. The predicted molar refractivity (Wildman–Crippen MR) is 89.8 cm³/mol. The highest BCUT2D eigenvalue weighted by atomic mass is 19.4. The van der Waals surface area contributed by atoms with E-state index >= 15 is 0 Å². The van der Waals surface area contributed by atoms with Crippen LogP contribution >= 0.6 is 0 Å². The third-order valence-corrected chi connectivity index (χ3v) is 3.26. The second-order valence-electron chi connectivity index (χ2n) is 5.96. The van der Waals surface area contributed by atoms with Crippen molar-refractivity contribution in [1.82, 2.24) is 10.6 Å². The van der Waals surface area contributed by atoms with Gasteiger partial charge in [0.05, 0.1) is 6.61 Å². The first-order chi connectivity index (χ1) is 11.3. The molecule has 0 unspecified atom stereocenters. The van der Waals surface area contributed by atoms with E-state index in [9.17, 15) is 13.2 Å². The van der Waals surface area contributed by atoms with Gasteiger partial charge in [-0.05, 0) is 23.5 Å². The van der Waals surface area contributed by atoms with Crippen molar-refractivity contribution in [3.8, 4) is 0 Å². The number of aliphatic imine (C=N–C) groups is 1. The number of ether oxygens (including phenoxy) is 1. The molecule has 1 aromatic rings. The molecule has 7 heteroatoms. The number of alkyl halides is 3. The number of rotatable bonds is 8. The normalized spacial score (nSPS) is 12.5. The summed E-state index contributed by atoms with van der Waals surface area (Å²) in [5.41, 5.74) is 1.73. The second kappa shape index (κ2) is 10.2. The lowest BCUT2D eigenvalue weighted by atomic mass is 10.1. The van der Waals surface area contributed by atoms with E-state index < -0.39 is 12.8 Å². The number of guanidine groups is 1. The van der Waals surface area contributed by atoms with E-state index in [4.69, 9.17) is 0 Å². The van der Waals surface area contributed by atoms with Crippen molar-refractivity contribution < 1.29 is 17.9 Å². The van der Waals surface area contributed by atoms with Crippen LogP contribution in [0.3, 0.4) is 0 Å². The molecule has 0 atom stereocenters. The van der Waals surface area contributed by atoms with Crippen molar-refractivity contribution in [1.29, 1.82) is 0 Å². The molecule has 2 N–H and O–H groups in total. The van der Waals surface area contributed by atoms with Crippen molar-refractivity contribution in [2.24, 2.45) is 10.9 Å². The van der Waals surface area contributed by atoms with Gasteiger partial charge in [0.1, 0.15) is 6.61 Å². The molecule has 0 saturated carbocycles. The van der Waals surface area contributed by atoms with E-state index in [0.29, 0.717) is 18.0 Å². The molecule has 0 radical (unpaired) electrons. The maximum absolute atomic E-state index is 12.0. The van der Waals surface area contributed by atoms with Crippen LogP contribution in [0.25, 0.3) is 0 Å². The summed E-state index contributed by atoms with van der Waals surface area (Å²) in [5, 5.41) is 6.44. The highest BCUT2D eigenvalue weighted by Gasteiger charge is 2.27. The summed E-state index contributed by atoms with van der Waals surface area (Å²) in [6, 6.07) is 7.26. The van der Waals surface area contributed by atoms with Crippen LogP contribution in [0.1, 0.15) is 31.4 Å². The molecule has 0 amide bonds. The third-order valence-electron chi connectivity index (χ3n) is 3.26. The summed E-state index contributed by atoms with van der Waals surface area (Å²) in [4.78, 5) is 4.15. The average Bonchev–Trinajstić information content (AvgIpc) is 2.50. The van der Waals surface area contributed by atoms with Gasteiger partial charge >= 0.3 is 6.18 Å². The molecule has 1 rings (SSSR count). The number of nitrogens with one attached hydrogen (secondary N) is 2. The van der Waals surface area contributed by atoms with Crippen LogP contribution in [-0.4, -0.2) is 32.3 Å². The molecule has 0 aliphatic rings. The lowest BCUT2D eigenvalue weighted by Crippen LogP contribution is -2.37. The number of halogens is 3. The van der Waals surface area contributed by atoms with E-state index in [1.165, 1.54) is 0 Å². The molecule has 0 heterocycles. The first kappa shape index (κ1) is 20.3. The molecule has 0 saturated heterocycles. The van der Waals surface area contributed by atoms with E-state index in [2.05, 4.69) is 34.2 Å². The minimum Gasteiger partial charge on any atom is -0.367 e. The predicted octanol–water partition coefficient (Wildman–Crippen LogP) is 3.48. The number of benzene rings is 1. The van der Waals surface area contributed by atoms with Crippen LogP contribution in [-0.2, 0) is 17.9 Å². The summed E-state index contributed by atoms with van der Waals surface area (Å²) in [7, 11) is 1.71. The van der Waals surface area contributed by atoms with Crippen LogP contribution in [0, 0.1) is 5.92 Å². The van der Waals surface area contributed by atoms with Gasteiger partial charge in [-0.3, -0.25) is 4.99 Å². The maximum Gasteiger partial charge on any atom is 0.411 e. The molecule has 0 bridgehead atoms. The molecule has 0 spiro atoms. The first-order valence-corrected chi connectivity index (χ1v) is 7.97. The monoisotopic (exact) mass is 345 g/mol. The lowest BCUT2D eigenvalue weighted by Gasteiger charge is -2.13. The first-order valence-electron chi connectivity index (χ1n) is 7.97. The Hall–Kier alpha value is -1.76. The quantitative estimate of drug-likeness (QED) is 0.560. The van der Waals surface area contributed by atoms with Gasteiger partial charge in [-0.15, -0.1) is 0 Å². The number of nitrogens with zero attached hydrogens (tertiary/aromatic N) is 1. The molecule has 136 valence electrons. The van der Waals surface area contributed by atoms with Gasteiger partial charge in [0.15, 0.2) is 5.96 Å². The van der Waals surface area contributed by atoms with E-state index in [1.54, 1.807) is 19.2 Å². The highest BCUT2D eigenvalue weighted by Crippen LogP contribution is 2.15. The molecular weight excluding hydrogens is 319 g/mol. The summed E-state index contributed by atoms with van der Waals surface area (Å²) in [5.74, 6) is 1.36. The number of hydrogen-bond acceptors (Lipinski definition) is 2. The SMILES string of the molecule is CN=C(NCCC(C)C)NCc1ccc(COCC(F)(F)F)cc1. The van der Waals surface area contributed by atoms with Gasteiger partial charge in [0, 0.05) is 20.1 Å². The summed E-state index contributed by atoms with van der Waals surface area (Å²) < 4.78 is 40.7. The Morgan fingerprint density at radius 1 is 1.12 bits per heavy atom. The minimum absolute atomic E-state index is 0.0500. The van der Waals surface area contributed by atoms with Gasteiger partial charge in [-0.2, -0.15) is 13.2 Å². The van der Waals surface area contributed by atoms with Crippen LogP contribution in [0.2, 0.25) is 0 Å². The highest BCUT2D eigenvalue weighted by molar-refractivity contribution is 5.79. The summed E-state index contributed by atoms with van der Waals surface area (Å²) >= 11 is 0. The Labute approximate surface area is 141 Å². The van der Waals surface area contributed by atoms with Crippen molar-refractivity contribution in [2.45, 2.75) is 39.6 Å². The maximum atomic E-state index is 12.0. The van der Waals surface area contributed by atoms with Gasteiger partial charge in [-0.1, -0.05) is 38.1 Å².